The number of nitrogens with zero attached hydrogens (tertiary/aromatic N) is 2. The topological polar surface area (TPSA) is 64.1 Å². The van der Waals surface area contributed by atoms with Crippen LogP contribution in [0.5, 0.6) is 0 Å². The van der Waals surface area contributed by atoms with Gasteiger partial charge in [0.2, 0.25) is 5.95 Å². The first kappa shape index (κ1) is 14.0. The van der Waals surface area contributed by atoms with Crippen LogP contribution in [-0.4, -0.2) is 22.5 Å². The van der Waals surface area contributed by atoms with Gasteiger partial charge in [-0.05, 0) is 44.5 Å². The Morgan fingerprint density at radius 3 is 2.80 bits per heavy atom. The molecule has 104 valence electrons. The number of esters is 1. The average Bonchev–Trinajstić information content (AvgIpc) is 2.41. The molecule has 0 atom stereocenters. The third-order valence-electron chi connectivity index (χ3n) is 2.78. The van der Waals surface area contributed by atoms with E-state index in [1.165, 1.54) is 0 Å². The molecule has 0 bridgehead atoms. The molecule has 1 heterocycles. The fraction of sp³-hybridized carbons (Fsp3) is 0.267. The number of rotatable bonds is 4. The van der Waals surface area contributed by atoms with Crippen molar-refractivity contribution in [2.24, 2.45) is 0 Å². The first-order valence-electron chi connectivity index (χ1n) is 6.44. The molecule has 5 nitrogen and oxygen atoms in total. The van der Waals surface area contributed by atoms with Gasteiger partial charge in [0.05, 0.1) is 12.2 Å². The van der Waals surface area contributed by atoms with Gasteiger partial charge in [0.25, 0.3) is 0 Å². The van der Waals surface area contributed by atoms with Crippen molar-refractivity contribution in [3.05, 3.63) is 47.3 Å². The highest BCUT2D eigenvalue weighted by molar-refractivity contribution is 5.92. The molecule has 0 saturated carbocycles. The largest absolute Gasteiger partial charge is 0.462 e. The van der Waals surface area contributed by atoms with Gasteiger partial charge in [0.15, 0.2) is 0 Å². The molecule has 0 fully saturated rings. The van der Waals surface area contributed by atoms with Crippen LogP contribution in [0.25, 0.3) is 0 Å². The predicted octanol–water partition coefficient (Wildman–Crippen LogP) is 3.01. The lowest BCUT2D eigenvalue weighted by Gasteiger charge is -2.09. The Labute approximate surface area is 118 Å². The summed E-state index contributed by atoms with van der Waals surface area (Å²) in [6.45, 7) is 5.91. The molecule has 20 heavy (non-hydrogen) atoms. The summed E-state index contributed by atoms with van der Waals surface area (Å²) in [6, 6.07) is 7.32. The molecule has 1 aromatic carbocycles. The minimum atomic E-state index is -0.321. The van der Waals surface area contributed by atoms with E-state index in [1.807, 2.05) is 32.0 Å². The minimum absolute atomic E-state index is 0.321. The summed E-state index contributed by atoms with van der Waals surface area (Å²) in [5.74, 6) is 0.183. The second kappa shape index (κ2) is 6.14. The van der Waals surface area contributed by atoms with E-state index in [4.69, 9.17) is 4.74 Å². The second-order valence-electron chi connectivity index (χ2n) is 4.40. The number of hydrogen-bond donors (Lipinski definition) is 1. The molecule has 5 heteroatoms. The molecular weight excluding hydrogens is 254 g/mol. The van der Waals surface area contributed by atoms with Gasteiger partial charge in [-0.3, -0.25) is 0 Å². The highest BCUT2D eigenvalue weighted by Gasteiger charge is 2.11. The van der Waals surface area contributed by atoms with Crippen LogP contribution in [0.2, 0.25) is 0 Å². The van der Waals surface area contributed by atoms with Crippen molar-refractivity contribution in [1.82, 2.24) is 9.97 Å². The molecule has 0 aliphatic rings. The van der Waals surface area contributed by atoms with Gasteiger partial charge >= 0.3 is 5.97 Å². The van der Waals surface area contributed by atoms with E-state index < -0.39 is 0 Å². The molecular formula is C15H17N3O2. The van der Waals surface area contributed by atoms with Crippen LogP contribution in [0.15, 0.2) is 30.5 Å². The maximum Gasteiger partial charge on any atom is 0.338 e. The van der Waals surface area contributed by atoms with E-state index in [2.05, 4.69) is 15.3 Å². The summed E-state index contributed by atoms with van der Waals surface area (Å²) in [6.07, 6.45) is 1.69. The van der Waals surface area contributed by atoms with Crippen LogP contribution in [0.1, 0.15) is 28.5 Å². The monoisotopic (exact) mass is 271 g/mol. The van der Waals surface area contributed by atoms with Crippen molar-refractivity contribution in [3.63, 3.8) is 0 Å². The molecule has 0 aliphatic heterocycles. The summed E-state index contributed by atoms with van der Waals surface area (Å²) < 4.78 is 5.04. The summed E-state index contributed by atoms with van der Waals surface area (Å²) in [7, 11) is 0. The summed E-state index contributed by atoms with van der Waals surface area (Å²) in [4.78, 5) is 20.2. The Morgan fingerprint density at radius 2 is 2.10 bits per heavy atom. The van der Waals surface area contributed by atoms with Crippen molar-refractivity contribution in [1.29, 1.82) is 0 Å². The van der Waals surface area contributed by atoms with Crippen molar-refractivity contribution in [2.75, 3.05) is 11.9 Å². The number of hydrogen-bond acceptors (Lipinski definition) is 5. The zero-order chi connectivity index (χ0) is 14.5. The van der Waals surface area contributed by atoms with E-state index >= 15 is 0 Å². The molecule has 0 radical (unpaired) electrons. The molecule has 2 rings (SSSR count). The zero-order valence-corrected chi connectivity index (χ0v) is 11.8. The highest BCUT2D eigenvalue weighted by Crippen LogP contribution is 2.19. The maximum absolute atomic E-state index is 11.8. The predicted molar refractivity (Wildman–Crippen MR) is 77.2 cm³/mol. The van der Waals surface area contributed by atoms with Gasteiger partial charge in [-0.1, -0.05) is 6.07 Å². The van der Waals surface area contributed by atoms with Crippen molar-refractivity contribution < 1.29 is 9.53 Å². The van der Waals surface area contributed by atoms with Crippen LogP contribution in [0.3, 0.4) is 0 Å². The van der Waals surface area contributed by atoms with Crippen LogP contribution < -0.4 is 5.32 Å². The standard InChI is InChI=1S/C15H17N3O2/c1-4-20-14(19)13-9-12(6-5-10(13)2)18-15-16-8-7-11(3)17-15/h5-9H,4H2,1-3H3,(H,16,17,18). The quantitative estimate of drug-likeness (QED) is 0.866. The van der Waals surface area contributed by atoms with E-state index in [-0.39, 0.29) is 5.97 Å². The number of ether oxygens (including phenoxy) is 1. The van der Waals surface area contributed by atoms with E-state index in [0.29, 0.717) is 18.1 Å². The number of carbonyl (C=O) groups excluding carboxylic acids is 1. The fourth-order valence-corrected chi connectivity index (χ4v) is 1.77. The van der Waals surface area contributed by atoms with E-state index in [1.54, 1.807) is 19.2 Å². The van der Waals surface area contributed by atoms with Gasteiger partial charge < -0.3 is 10.1 Å². The highest BCUT2D eigenvalue weighted by atomic mass is 16.5. The molecule has 0 aliphatic carbocycles. The van der Waals surface area contributed by atoms with Crippen LogP contribution >= 0.6 is 0 Å². The van der Waals surface area contributed by atoms with E-state index in [9.17, 15) is 4.79 Å². The normalized spacial score (nSPS) is 10.2. The molecule has 0 saturated heterocycles. The molecule has 0 unspecified atom stereocenters. The average molecular weight is 271 g/mol. The maximum atomic E-state index is 11.8. The van der Waals surface area contributed by atoms with Gasteiger partial charge in [-0.2, -0.15) is 0 Å². The number of carbonyl (C=O) groups is 1. The third kappa shape index (κ3) is 3.32. The Hall–Kier alpha value is -2.43. The van der Waals surface area contributed by atoms with Gasteiger partial charge in [-0.25, -0.2) is 14.8 Å². The van der Waals surface area contributed by atoms with Crippen LogP contribution in [-0.2, 0) is 4.74 Å². The van der Waals surface area contributed by atoms with Gasteiger partial charge in [0.1, 0.15) is 0 Å². The summed E-state index contributed by atoms with van der Waals surface area (Å²) in [5.41, 5.74) is 3.05. The lowest BCUT2D eigenvalue weighted by molar-refractivity contribution is 0.0525. The van der Waals surface area contributed by atoms with Crippen LogP contribution in [0, 0.1) is 13.8 Å². The Kier molecular flexibility index (Phi) is 4.30. The lowest BCUT2D eigenvalue weighted by Crippen LogP contribution is -2.07. The van der Waals surface area contributed by atoms with Gasteiger partial charge in [0, 0.05) is 17.6 Å². The number of nitrogens with one attached hydrogen (secondary N) is 1. The van der Waals surface area contributed by atoms with E-state index in [0.717, 1.165) is 16.9 Å². The third-order valence-corrected chi connectivity index (χ3v) is 2.78. The minimum Gasteiger partial charge on any atom is -0.462 e. The van der Waals surface area contributed by atoms with Crippen molar-refractivity contribution >= 4 is 17.6 Å². The number of anilines is 2. The lowest BCUT2D eigenvalue weighted by atomic mass is 10.1. The fourth-order valence-electron chi connectivity index (χ4n) is 1.77. The van der Waals surface area contributed by atoms with Crippen molar-refractivity contribution in [2.45, 2.75) is 20.8 Å². The molecule has 1 N–H and O–H groups in total. The number of benzene rings is 1. The molecule has 2 aromatic rings. The zero-order valence-electron chi connectivity index (χ0n) is 11.8. The number of aryl methyl sites for hydroxylation is 2. The Balaban J connectivity index is 2.25. The first-order valence-corrected chi connectivity index (χ1v) is 6.44. The smallest absolute Gasteiger partial charge is 0.338 e. The Bertz CT molecular complexity index is 626. The Morgan fingerprint density at radius 1 is 1.30 bits per heavy atom. The first-order chi connectivity index (χ1) is 9.60. The van der Waals surface area contributed by atoms with Crippen molar-refractivity contribution in [3.8, 4) is 0 Å². The molecule has 1 aromatic heterocycles. The molecule has 0 amide bonds. The molecule has 0 spiro atoms. The second-order valence-corrected chi connectivity index (χ2v) is 4.40. The van der Waals surface area contributed by atoms with Crippen LogP contribution in [0.4, 0.5) is 11.6 Å². The van der Waals surface area contributed by atoms with Gasteiger partial charge in [-0.15, -0.1) is 0 Å². The SMILES string of the molecule is CCOC(=O)c1cc(Nc2nccc(C)n2)ccc1C. The number of aromatic nitrogens is 2. The summed E-state index contributed by atoms with van der Waals surface area (Å²) >= 11 is 0. The summed E-state index contributed by atoms with van der Waals surface area (Å²) in [5, 5.41) is 3.08.